The fraction of sp³-hybridized carbons (Fsp3) is 0.393. The monoisotopic (exact) mass is 629 g/mol. The summed E-state index contributed by atoms with van der Waals surface area (Å²) >= 11 is 0. The third-order valence-corrected chi connectivity index (χ3v) is 6.72. The summed E-state index contributed by atoms with van der Waals surface area (Å²) in [7, 11) is 0. The average Bonchev–Trinajstić information content (AvgIpc) is 3.61. The van der Waals surface area contributed by atoms with Crippen LogP contribution in [0.4, 0.5) is 32.0 Å². The maximum Gasteiger partial charge on any atom is 0.490 e. The topological polar surface area (TPSA) is 129 Å². The summed E-state index contributed by atoms with van der Waals surface area (Å²) in [5, 5.41) is 14.2. The van der Waals surface area contributed by atoms with Crippen LogP contribution in [0.5, 0.6) is 0 Å². The molecule has 0 aromatic carbocycles. The number of amides is 1. The second-order valence-corrected chi connectivity index (χ2v) is 10.3. The van der Waals surface area contributed by atoms with Crippen LogP contribution in [0.15, 0.2) is 61.1 Å². The third-order valence-electron chi connectivity index (χ3n) is 6.72. The van der Waals surface area contributed by atoms with E-state index in [2.05, 4.69) is 57.7 Å². The van der Waals surface area contributed by atoms with Gasteiger partial charge in [-0.3, -0.25) is 9.78 Å². The number of aliphatic carboxylic acids is 2. The molecule has 3 aromatic heterocycles. The Labute approximate surface area is 247 Å². The fourth-order valence-corrected chi connectivity index (χ4v) is 4.94. The van der Waals surface area contributed by atoms with Crippen molar-refractivity contribution in [3.8, 4) is 5.82 Å². The molecular formula is C28H29F6N5O5. The number of hydrogen-bond acceptors (Lipinski definition) is 6. The number of carbonyl (C=O) groups is 3. The van der Waals surface area contributed by atoms with Crippen LogP contribution in [0.3, 0.4) is 0 Å². The maximum absolute atomic E-state index is 13.1. The van der Waals surface area contributed by atoms with Gasteiger partial charge in [0.15, 0.2) is 5.82 Å². The number of carboxylic acid groups (broad SMARTS) is 2. The minimum atomic E-state index is -5.08. The summed E-state index contributed by atoms with van der Waals surface area (Å²) in [4.78, 5) is 44.4. The van der Waals surface area contributed by atoms with Crippen molar-refractivity contribution in [3.05, 3.63) is 72.4 Å². The molecule has 1 saturated heterocycles. The number of anilines is 1. The number of rotatable bonds is 4. The highest BCUT2D eigenvalue weighted by Crippen LogP contribution is 2.47. The number of hydrogen-bond donors (Lipinski definition) is 2. The van der Waals surface area contributed by atoms with Gasteiger partial charge in [-0.1, -0.05) is 19.9 Å². The van der Waals surface area contributed by atoms with Crippen LogP contribution in [0.2, 0.25) is 0 Å². The first kappa shape index (κ1) is 33.9. The summed E-state index contributed by atoms with van der Waals surface area (Å²) < 4.78 is 65.7. The highest BCUT2D eigenvalue weighted by molar-refractivity contribution is 5.79. The molecule has 0 aliphatic carbocycles. The van der Waals surface area contributed by atoms with Crippen molar-refractivity contribution in [2.45, 2.75) is 44.6 Å². The highest BCUT2D eigenvalue weighted by Gasteiger charge is 2.50. The zero-order valence-electron chi connectivity index (χ0n) is 23.5. The first-order valence-electron chi connectivity index (χ1n) is 13.2. The van der Waals surface area contributed by atoms with E-state index in [0.717, 1.165) is 36.7 Å². The smallest absolute Gasteiger partial charge is 0.475 e. The molecule has 16 heteroatoms. The van der Waals surface area contributed by atoms with Gasteiger partial charge in [-0.25, -0.2) is 14.6 Å². The van der Waals surface area contributed by atoms with E-state index in [-0.39, 0.29) is 11.4 Å². The number of carbonyl (C=O) groups excluding carboxylic acids is 1. The summed E-state index contributed by atoms with van der Waals surface area (Å²) in [6, 6.07) is 14.2. The van der Waals surface area contributed by atoms with E-state index < -0.39 is 24.3 Å². The Morgan fingerprint density at radius 1 is 0.909 bits per heavy atom. The normalized spacial score (nSPS) is 17.2. The number of halogens is 6. The first-order chi connectivity index (χ1) is 20.5. The van der Waals surface area contributed by atoms with Gasteiger partial charge in [0.1, 0.15) is 5.54 Å². The Kier molecular flexibility index (Phi) is 10.3. The molecule has 44 heavy (non-hydrogen) atoms. The van der Waals surface area contributed by atoms with Gasteiger partial charge in [-0.15, -0.1) is 0 Å². The molecule has 5 rings (SSSR count). The number of alkyl halides is 6. The number of aromatic nitrogens is 3. The molecule has 1 amide bonds. The molecule has 1 unspecified atom stereocenters. The summed E-state index contributed by atoms with van der Waals surface area (Å²) in [5.41, 5.74) is 2.96. The molecular weight excluding hydrogens is 600 g/mol. The number of carboxylic acids is 2. The van der Waals surface area contributed by atoms with E-state index >= 15 is 0 Å². The van der Waals surface area contributed by atoms with Crippen LogP contribution in [0.25, 0.3) is 5.82 Å². The zero-order valence-corrected chi connectivity index (χ0v) is 23.5. The van der Waals surface area contributed by atoms with Crippen LogP contribution >= 0.6 is 0 Å². The SMILES string of the molecule is CC(C)CN1c2cccnc2-n2cccc2C12CCN(C(=O)Cc1ccccn1)C2.O=C(O)C(F)(F)F.O=C(O)C(F)(F)F. The predicted octanol–water partition coefficient (Wildman–Crippen LogP) is 4.68. The maximum atomic E-state index is 13.1. The van der Waals surface area contributed by atoms with E-state index in [1.54, 1.807) is 6.20 Å². The zero-order chi connectivity index (χ0) is 32.9. The van der Waals surface area contributed by atoms with Crippen LogP contribution in [-0.2, 0) is 26.3 Å². The number of fused-ring (bicyclic) bond motifs is 4. The van der Waals surface area contributed by atoms with Gasteiger partial charge < -0.3 is 24.6 Å². The number of likely N-dealkylation sites (tertiary alicyclic amines) is 1. The predicted molar refractivity (Wildman–Crippen MR) is 144 cm³/mol. The minimum Gasteiger partial charge on any atom is -0.475 e. The van der Waals surface area contributed by atoms with Crippen molar-refractivity contribution in [1.82, 2.24) is 19.4 Å². The van der Waals surface area contributed by atoms with Crippen LogP contribution in [-0.4, -0.2) is 79.5 Å². The van der Waals surface area contributed by atoms with Crippen LogP contribution in [0, 0.1) is 5.92 Å². The number of pyridine rings is 2. The van der Waals surface area contributed by atoms with Gasteiger partial charge in [0.25, 0.3) is 0 Å². The molecule has 2 aliphatic rings. The lowest BCUT2D eigenvalue weighted by Gasteiger charge is -2.47. The Balaban J connectivity index is 0.000000317. The van der Waals surface area contributed by atoms with E-state index in [0.29, 0.717) is 18.9 Å². The van der Waals surface area contributed by atoms with Gasteiger partial charge in [-0.05, 0) is 48.7 Å². The van der Waals surface area contributed by atoms with Crippen molar-refractivity contribution in [1.29, 1.82) is 0 Å². The van der Waals surface area contributed by atoms with Crippen LogP contribution < -0.4 is 4.90 Å². The third kappa shape index (κ3) is 7.85. The summed E-state index contributed by atoms with van der Waals surface area (Å²) in [6.45, 7) is 6.85. The molecule has 238 valence electrons. The minimum absolute atomic E-state index is 0.144. The fourth-order valence-electron chi connectivity index (χ4n) is 4.94. The van der Waals surface area contributed by atoms with E-state index in [4.69, 9.17) is 19.8 Å². The van der Waals surface area contributed by atoms with E-state index in [1.807, 2.05) is 35.4 Å². The molecule has 3 aromatic rings. The molecule has 1 spiro atoms. The Bertz CT molecular complexity index is 1440. The Morgan fingerprint density at radius 2 is 1.52 bits per heavy atom. The molecule has 1 atom stereocenters. The second-order valence-electron chi connectivity index (χ2n) is 10.3. The van der Waals surface area contributed by atoms with Crippen LogP contribution in [0.1, 0.15) is 31.7 Å². The van der Waals surface area contributed by atoms with Crippen molar-refractivity contribution in [2.24, 2.45) is 5.92 Å². The lowest BCUT2D eigenvalue weighted by Crippen LogP contribution is -2.54. The molecule has 1 fully saturated rings. The molecule has 0 radical (unpaired) electrons. The van der Waals surface area contributed by atoms with E-state index in [9.17, 15) is 31.1 Å². The summed E-state index contributed by atoms with van der Waals surface area (Å²) in [6.07, 6.45) is -3.22. The van der Waals surface area contributed by atoms with Crippen molar-refractivity contribution in [3.63, 3.8) is 0 Å². The molecule has 2 aliphatic heterocycles. The first-order valence-corrected chi connectivity index (χ1v) is 13.2. The number of nitrogens with zero attached hydrogens (tertiary/aromatic N) is 5. The van der Waals surface area contributed by atoms with Gasteiger partial charge in [-0.2, -0.15) is 26.3 Å². The lowest BCUT2D eigenvalue weighted by molar-refractivity contribution is -0.193. The lowest BCUT2D eigenvalue weighted by atomic mass is 9.88. The van der Waals surface area contributed by atoms with Crippen molar-refractivity contribution in [2.75, 3.05) is 24.5 Å². The molecule has 5 heterocycles. The van der Waals surface area contributed by atoms with E-state index in [1.165, 1.54) is 5.69 Å². The standard InChI is InChI=1S/C24H27N5O.2C2HF3O2/c1-18(2)16-29-20-8-5-12-26-23(20)28-13-6-9-21(28)24(29)10-14-27(17-24)22(30)15-19-7-3-4-11-25-19;2*3-2(4,5)1(6)7/h3-9,11-13,18H,10,14-17H2,1-2H3;2*(H,6,7). The Hall–Kier alpha value is -4.63. The quantitative estimate of drug-likeness (QED) is 0.399. The second kappa shape index (κ2) is 13.3. The largest absolute Gasteiger partial charge is 0.490 e. The van der Waals surface area contributed by atoms with Gasteiger partial charge in [0.2, 0.25) is 5.91 Å². The average molecular weight is 630 g/mol. The van der Waals surface area contributed by atoms with Gasteiger partial charge in [0.05, 0.1) is 17.8 Å². The molecule has 2 N–H and O–H groups in total. The molecule has 0 saturated carbocycles. The Morgan fingerprint density at radius 3 is 2.07 bits per heavy atom. The van der Waals surface area contributed by atoms with Gasteiger partial charge >= 0.3 is 24.3 Å². The molecule has 10 nitrogen and oxygen atoms in total. The van der Waals surface area contributed by atoms with Gasteiger partial charge in [0, 0.05) is 43.9 Å². The molecule has 0 bridgehead atoms. The van der Waals surface area contributed by atoms with Crippen molar-refractivity contribution >= 4 is 23.5 Å². The highest BCUT2D eigenvalue weighted by atomic mass is 19.4. The summed E-state index contributed by atoms with van der Waals surface area (Å²) in [5.74, 6) is -3.90. The van der Waals surface area contributed by atoms with Crippen molar-refractivity contribution < 1.29 is 50.9 Å².